The van der Waals surface area contributed by atoms with Crippen LogP contribution in [0.3, 0.4) is 0 Å². The highest BCUT2D eigenvalue weighted by Gasteiger charge is 2.20. The number of nitrogens with zero attached hydrogens (tertiary/aromatic N) is 7. The quantitative estimate of drug-likeness (QED) is 0.0966. The molecule has 3 amide bonds. The fourth-order valence-electron chi connectivity index (χ4n) is 5.15. The van der Waals surface area contributed by atoms with Crippen molar-refractivity contribution in [2.75, 3.05) is 38.0 Å². The van der Waals surface area contributed by atoms with Gasteiger partial charge in [-0.15, -0.1) is 0 Å². The molecule has 6 N–H and O–H groups in total. The number of aromatic nitrogens is 7. The number of primary amides is 2. The molecule has 0 fully saturated rings. The summed E-state index contributed by atoms with van der Waals surface area (Å²) in [5, 5.41) is 10.3. The van der Waals surface area contributed by atoms with Crippen LogP contribution < -0.4 is 26.8 Å². The molecule has 5 aromatic rings. The van der Waals surface area contributed by atoms with Gasteiger partial charge in [0.05, 0.1) is 23.4 Å². The Balaban J connectivity index is 1.46. The highest BCUT2D eigenvalue weighted by atomic mass is 16.5. The average molecular weight is 644 g/mol. The Morgan fingerprint density at radius 1 is 0.936 bits per heavy atom. The zero-order valence-electron chi connectivity index (χ0n) is 26.6. The third-order valence-electron chi connectivity index (χ3n) is 7.34. The molecular weight excluding hydrogens is 606 g/mol. The second kappa shape index (κ2) is 14.1. The number of anilines is 2. The summed E-state index contributed by atoms with van der Waals surface area (Å²) in [4.78, 5) is 50.8. The van der Waals surface area contributed by atoms with Crippen LogP contribution in [0, 0.1) is 6.92 Å². The zero-order chi connectivity index (χ0) is 33.7. The number of hydrogen-bond donors (Lipinski definition) is 4. The predicted molar refractivity (Wildman–Crippen MR) is 176 cm³/mol. The summed E-state index contributed by atoms with van der Waals surface area (Å²) in [5.74, 6) is -0.357. The van der Waals surface area contributed by atoms with Gasteiger partial charge in [-0.05, 0) is 38.1 Å². The van der Waals surface area contributed by atoms with Crippen LogP contribution in [0.25, 0.3) is 22.2 Å². The van der Waals surface area contributed by atoms with Gasteiger partial charge in [0.15, 0.2) is 5.65 Å². The lowest BCUT2D eigenvalue weighted by Gasteiger charge is -2.12. The van der Waals surface area contributed by atoms with E-state index in [4.69, 9.17) is 20.9 Å². The normalized spacial score (nSPS) is 11.5. The fourth-order valence-corrected chi connectivity index (χ4v) is 5.15. The molecule has 4 aromatic heterocycles. The van der Waals surface area contributed by atoms with Crippen molar-refractivity contribution in [1.29, 1.82) is 0 Å². The van der Waals surface area contributed by atoms with Crippen molar-refractivity contribution in [3.8, 4) is 5.75 Å². The molecule has 1 aromatic carbocycles. The maximum absolute atomic E-state index is 13.3. The molecule has 0 aliphatic carbocycles. The number of ether oxygens (including phenoxy) is 2. The van der Waals surface area contributed by atoms with E-state index in [1.54, 1.807) is 41.6 Å². The second-order valence-electron chi connectivity index (χ2n) is 10.6. The Labute approximate surface area is 269 Å². The largest absolute Gasteiger partial charge is 0.491 e. The molecule has 0 unspecified atom stereocenters. The number of amides is 3. The van der Waals surface area contributed by atoms with Gasteiger partial charge in [-0.25, -0.2) is 15.0 Å². The first-order chi connectivity index (χ1) is 22.6. The van der Waals surface area contributed by atoms with Crippen molar-refractivity contribution in [3.63, 3.8) is 0 Å². The molecule has 16 nitrogen and oxygen atoms in total. The molecule has 0 bridgehead atoms. The number of fused-ring (bicyclic) bond motifs is 2. The first-order valence-corrected chi connectivity index (χ1v) is 15.0. The molecule has 0 saturated heterocycles. The number of allylic oxidation sites excluding steroid dienone is 2. The van der Waals surface area contributed by atoms with E-state index in [0.29, 0.717) is 78.0 Å². The highest BCUT2D eigenvalue weighted by molar-refractivity contribution is 6.03. The van der Waals surface area contributed by atoms with Crippen molar-refractivity contribution in [1.82, 2.24) is 33.9 Å². The molecule has 4 heterocycles. The summed E-state index contributed by atoms with van der Waals surface area (Å²) in [6.07, 6.45) is 5.84. The fraction of sp³-hybridized carbons (Fsp3) is 0.323. The van der Waals surface area contributed by atoms with Crippen molar-refractivity contribution >= 4 is 51.8 Å². The Morgan fingerprint density at radius 2 is 1.64 bits per heavy atom. The third-order valence-corrected chi connectivity index (χ3v) is 7.34. The topological polar surface area (TPSA) is 212 Å². The SMILES string of the molecule is CCn1nc(C)cc1C(=O)Nc1nc2cc(C(N)=O)cnc2n1C/C=C/Cn1c(NC)nc2cc(C(N)=O)cc(OCCCOC)c21. The number of carbonyl (C=O) groups excluding carboxylic acids is 3. The van der Waals surface area contributed by atoms with Gasteiger partial charge in [0.25, 0.3) is 5.91 Å². The van der Waals surface area contributed by atoms with E-state index >= 15 is 0 Å². The summed E-state index contributed by atoms with van der Waals surface area (Å²) >= 11 is 0. The second-order valence-corrected chi connectivity index (χ2v) is 10.6. The summed E-state index contributed by atoms with van der Waals surface area (Å²) in [5.41, 5.74) is 14.7. The van der Waals surface area contributed by atoms with Gasteiger partial charge in [0, 0.05) is 58.6 Å². The standard InChI is InChI=1S/C31H37N11O5/c1-5-42-23(13-18(2)39-42)29(45)38-31-37-22-15-20(27(33)44)17-35-28(22)41(31)10-7-6-9-40-25-21(36-30(40)34-3)14-19(26(32)43)16-24(25)47-12-8-11-46-4/h6-7,13-17H,5,8-12H2,1-4H3,(H2,32,43)(H2,33,44)(H,34,36)(H,37,38,45)/b7-6+. The Morgan fingerprint density at radius 3 is 2.32 bits per heavy atom. The average Bonchev–Trinajstić information content (AvgIpc) is 3.72. The van der Waals surface area contributed by atoms with Gasteiger partial charge in [-0.2, -0.15) is 5.10 Å². The molecule has 5 rings (SSSR count). The van der Waals surface area contributed by atoms with E-state index in [-0.39, 0.29) is 29.5 Å². The zero-order valence-corrected chi connectivity index (χ0v) is 26.6. The minimum absolute atomic E-state index is 0.196. The van der Waals surface area contributed by atoms with E-state index in [1.165, 1.54) is 12.3 Å². The minimum Gasteiger partial charge on any atom is -0.491 e. The van der Waals surface area contributed by atoms with E-state index in [1.807, 2.05) is 30.6 Å². The van der Waals surface area contributed by atoms with E-state index < -0.39 is 11.8 Å². The number of nitrogens with one attached hydrogen (secondary N) is 2. The van der Waals surface area contributed by atoms with E-state index in [0.717, 1.165) is 0 Å². The third kappa shape index (κ3) is 6.91. The van der Waals surface area contributed by atoms with Crippen molar-refractivity contribution in [2.45, 2.75) is 39.9 Å². The summed E-state index contributed by atoms with van der Waals surface area (Å²) in [6, 6.07) is 6.48. The summed E-state index contributed by atoms with van der Waals surface area (Å²) in [7, 11) is 3.37. The molecule has 0 aliphatic rings. The first kappa shape index (κ1) is 32.6. The molecule has 0 atom stereocenters. The van der Waals surface area contributed by atoms with E-state index in [9.17, 15) is 14.4 Å². The number of imidazole rings is 2. The van der Waals surface area contributed by atoms with Crippen molar-refractivity contribution in [3.05, 3.63) is 65.1 Å². The van der Waals surface area contributed by atoms with Crippen LogP contribution in [0.5, 0.6) is 5.75 Å². The molecule has 16 heteroatoms. The smallest absolute Gasteiger partial charge is 0.276 e. The molecule has 246 valence electrons. The number of carbonyl (C=O) groups is 3. The van der Waals surface area contributed by atoms with Gasteiger partial charge in [0.2, 0.25) is 23.7 Å². The maximum atomic E-state index is 13.3. The van der Waals surface area contributed by atoms with Gasteiger partial charge in [-0.3, -0.25) is 28.9 Å². The maximum Gasteiger partial charge on any atom is 0.276 e. The lowest BCUT2D eigenvalue weighted by molar-refractivity contribution is 0.0991. The molecule has 0 radical (unpaired) electrons. The van der Waals surface area contributed by atoms with Gasteiger partial charge < -0.3 is 30.8 Å². The number of aryl methyl sites for hydroxylation is 2. The lowest BCUT2D eigenvalue weighted by atomic mass is 10.1. The van der Waals surface area contributed by atoms with Crippen LogP contribution in [-0.2, 0) is 24.4 Å². The van der Waals surface area contributed by atoms with Crippen LogP contribution in [0.1, 0.15) is 50.2 Å². The number of pyridine rings is 1. The number of hydrogen-bond acceptors (Lipinski definition) is 10. The monoisotopic (exact) mass is 643 g/mol. The number of benzene rings is 1. The number of rotatable bonds is 15. The van der Waals surface area contributed by atoms with Gasteiger partial charge in [-0.1, -0.05) is 12.2 Å². The molecule has 0 spiro atoms. The predicted octanol–water partition coefficient (Wildman–Crippen LogP) is 2.47. The molecular formula is C31H37N11O5. The molecule has 47 heavy (non-hydrogen) atoms. The lowest BCUT2D eigenvalue weighted by Crippen LogP contribution is -2.20. The molecule has 0 saturated carbocycles. The minimum atomic E-state index is -0.639. The van der Waals surface area contributed by atoms with Crippen molar-refractivity contribution < 1.29 is 23.9 Å². The van der Waals surface area contributed by atoms with Crippen LogP contribution in [0.4, 0.5) is 11.9 Å². The van der Waals surface area contributed by atoms with Gasteiger partial charge >= 0.3 is 0 Å². The van der Waals surface area contributed by atoms with Crippen LogP contribution in [-0.4, -0.2) is 79.0 Å². The summed E-state index contributed by atoms with van der Waals surface area (Å²) < 4.78 is 16.4. The van der Waals surface area contributed by atoms with E-state index in [2.05, 4.69) is 30.7 Å². The van der Waals surface area contributed by atoms with Crippen LogP contribution >= 0.6 is 0 Å². The highest BCUT2D eigenvalue weighted by Crippen LogP contribution is 2.31. The summed E-state index contributed by atoms with van der Waals surface area (Å²) in [6.45, 7) is 5.76. The Hall–Kier alpha value is -5.77. The molecule has 0 aliphatic heterocycles. The number of methoxy groups -OCH3 is 1. The Bertz CT molecular complexity index is 1990. The van der Waals surface area contributed by atoms with Crippen LogP contribution in [0.2, 0.25) is 0 Å². The Kier molecular flexibility index (Phi) is 9.80. The first-order valence-electron chi connectivity index (χ1n) is 15.0. The van der Waals surface area contributed by atoms with Gasteiger partial charge in [0.1, 0.15) is 22.5 Å². The number of nitrogens with two attached hydrogens (primary N) is 2. The van der Waals surface area contributed by atoms with Crippen molar-refractivity contribution in [2.24, 2.45) is 11.5 Å². The van der Waals surface area contributed by atoms with Crippen LogP contribution in [0.15, 0.2) is 42.6 Å².